The normalized spacial score (nSPS) is 28.3. The van der Waals surface area contributed by atoms with Gasteiger partial charge < -0.3 is 25.2 Å². The van der Waals surface area contributed by atoms with Gasteiger partial charge in [-0.05, 0) is 54.0 Å². The van der Waals surface area contributed by atoms with Crippen molar-refractivity contribution in [3.63, 3.8) is 0 Å². The molecule has 0 radical (unpaired) electrons. The number of hydrogen-bond donors (Lipinski definition) is 4. The zero-order chi connectivity index (χ0) is 19.6. The number of hydrogen-bond acceptors (Lipinski definition) is 6. The first-order valence-corrected chi connectivity index (χ1v) is 10.2. The lowest BCUT2D eigenvalue weighted by molar-refractivity contribution is -0.231. The van der Waals surface area contributed by atoms with Crippen LogP contribution < -0.4 is 0 Å². The van der Waals surface area contributed by atoms with Crippen LogP contribution in [-0.4, -0.2) is 57.7 Å². The molecule has 1 fully saturated rings. The van der Waals surface area contributed by atoms with E-state index in [9.17, 15) is 20.4 Å². The Labute approximate surface area is 163 Å². The summed E-state index contributed by atoms with van der Waals surface area (Å²) >= 11 is 1.70. The lowest BCUT2D eigenvalue weighted by atomic mass is 9.89. The van der Waals surface area contributed by atoms with Gasteiger partial charge in [0.2, 0.25) is 0 Å². The van der Waals surface area contributed by atoms with E-state index >= 15 is 0 Å². The van der Waals surface area contributed by atoms with Crippen LogP contribution in [0.1, 0.15) is 28.4 Å². The summed E-state index contributed by atoms with van der Waals surface area (Å²) < 4.78 is 5.68. The molecule has 0 amide bonds. The molecule has 2 aromatic rings. The number of benzene rings is 2. The molecule has 6 heteroatoms. The molecular formula is C21H26O5S. The van der Waals surface area contributed by atoms with Gasteiger partial charge >= 0.3 is 0 Å². The Morgan fingerprint density at radius 2 is 1.67 bits per heavy atom. The quantitative estimate of drug-likeness (QED) is 0.583. The summed E-state index contributed by atoms with van der Waals surface area (Å²) in [5.74, 6) is 0. The van der Waals surface area contributed by atoms with E-state index in [1.165, 1.54) is 10.5 Å². The van der Waals surface area contributed by atoms with E-state index in [1.807, 2.05) is 31.4 Å². The van der Waals surface area contributed by atoms with Gasteiger partial charge in [0.05, 0.1) is 6.61 Å². The Kier molecular flexibility index (Phi) is 6.57. The van der Waals surface area contributed by atoms with Crippen molar-refractivity contribution in [2.45, 2.75) is 48.8 Å². The fraction of sp³-hybridized carbons (Fsp3) is 0.429. The molecule has 27 heavy (non-hydrogen) atoms. The monoisotopic (exact) mass is 390 g/mol. The summed E-state index contributed by atoms with van der Waals surface area (Å²) in [6, 6.07) is 14.2. The van der Waals surface area contributed by atoms with Crippen molar-refractivity contribution >= 4 is 11.8 Å². The molecule has 1 saturated heterocycles. The fourth-order valence-electron chi connectivity index (χ4n) is 3.40. The second-order valence-corrected chi connectivity index (χ2v) is 7.84. The van der Waals surface area contributed by atoms with Crippen molar-refractivity contribution in [1.29, 1.82) is 0 Å². The minimum Gasteiger partial charge on any atom is -0.394 e. The van der Waals surface area contributed by atoms with Gasteiger partial charge in [0.1, 0.15) is 30.5 Å². The predicted octanol–water partition coefficient (Wildman–Crippen LogP) is 1.82. The van der Waals surface area contributed by atoms with Crippen molar-refractivity contribution in [2.75, 3.05) is 12.9 Å². The molecule has 0 aliphatic carbocycles. The van der Waals surface area contributed by atoms with Gasteiger partial charge in [-0.15, -0.1) is 11.8 Å². The van der Waals surface area contributed by atoms with Crippen molar-refractivity contribution in [3.05, 3.63) is 64.7 Å². The molecule has 4 N–H and O–H groups in total. The fourth-order valence-corrected chi connectivity index (χ4v) is 3.81. The van der Waals surface area contributed by atoms with Gasteiger partial charge in [0.15, 0.2) is 0 Å². The largest absolute Gasteiger partial charge is 0.394 e. The molecule has 0 saturated carbocycles. The van der Waals surface area contributed by atoms with Crippen LogP contribution in [0.5, 0.6) is 0 Å². The molecule has 1 heterocycles. The smallest absolute Gasteiger partial charge is 0.113 e. The zero-order valence-corrected chi connectivity index (χ0v) is 16.3. The Bertz CT molecular complexity index is 762. The number of aryl methyl sites for hydroxylation is 1. The van der Waals surface area contributed by atoms with Gasteiger partial charge in [-0.3, -0.25) is 0 Å². The first-order valence-electron chi connectivity index (χ1n) is 8.97. The van der Waals surface area contributed by atoms with E-state index in [1.54, 1.807) is 11.8 Å². The lowest BCUT2D eigenvalue weighted by Crippen LogP contribution is -2.55. The zero-order valence-electron chi connectivity index (χ0n) is 15.4. The molecular weight excluding hydrogens is 364 g/mol. The lowest BCUT2D eigenvalue weighted by Gasteiger charge is -2.40. The van der Waals surface area contributed by atoms with Crippen LogP contribution in [0.2, 0.25) is 0 Å². The number of aliphatic hydroxyl groups excluding tert-OH is 4. The average molecular weight is 391 g/mol. The standard InChI is InChI=1S/C21H26O5S/c1-12-3-6-14(21-20(25)19(24)18(23)17(11-22)26-21)10-15(12)9-13-4-7-16(27-2)8-5-13/h3-8,10,17-25H,9,11H2,1-2H3. The minimum absolute atomic E-state index is 0.429. The second kappa shape index (κ2) is 8.73. The van der Waals surface area contributed by atoms with E-state index in [4.69, 9.17) is 4.74 Å². The van der Waals surface area contributed by atoms with E-state index < -0.39 is 37.1 Å². The molecule has 0 bridgehead atoms. The summed E-state index contributed by atoms with van der Waals surface area (Å²) in [7, 11) is 0. The molecule has 1 aliphatic heterocycles. The van der Waals surface area contributed by atoms with Gasteiger partial charge in [0.25, 0.3) is 0 Å². The highest BCUT2D eigenvalue weighted by molar-refractivity contribution is 7.98. The van der Waals surface area contributed by atoms with Crippen LogP contribution in [0.4, 0.5) is 0 Å². The van der Waals surface area contributed by atoms with Crippen molar-refractivity contribution in [1.82, 2.24) is 0 Å². The van der Waals surface area contributed by atoms with Crippen LogP contribution in [0, 0.1) is 6.92 Å². The van der Waals surface area contributed by atoms with E-state index in [0.717, 1.165) is 17.5 Å². The molecule has 5 atom stereocenters. The Hall–Kier alpha value is -1.41. The predicted molar refractivity (Wildman–Crippen MR) is 105 cm³/mol. The average Bonchev–Trinajstić information content (AvgIpc) is 2.69. The van der Waals surface area contributed by atoms with Gasteiger partial charge in [-0.25, -0.2) is 0 Å². The molecule has 1 aliphatic rings. The van der Waals surface area contributed by atoms with Gasteiger partial charge in [-0.2, -0.15) is 0 Å². The highest BCUT2D eigenvalue weighted by Gasteiger charge is 2.43. The van der Waals surface area contributed by atoms with Crippen molar-refractivity contribution in [2.24, 2.45) is 0 Å². The number of rotatable bonds is 5. The Morgan fingerprint density at radius 1 is 0.963 bits per heavy atom. The minimum atomic E-state index is -1.37. The Morgan fingerprint density at radius 3 is 2.30 bits per heavy atom. The first-order chi connectivity index (χ1) is 12.9. The third-order valence-electron chi connectivity index (χ3n) is 5.15. The molecule has 5 unspecified atom stereocenters. The van der Waals surface area contributed by atoms with Crippen LogP contribution in [0.3, 0.4) is 0 Å². The first kappa shape index (κ1) is 20.3. The number of ether oxygens (including phenoxy) is 1. The Balaban J connectivity index is 1.85. The highest BCUT2D eigenvalue weighted by Crippen LogP contribution is 2.33. The molecule has 146 valence electrons. The van der Waals surface area contributed by atoms with Crippen molar-refractivity contribution < 1.29 is 25.2 Å². The van der Waals surface area contributed by atoms with Gasteiger partial charge in [-0.1, -0.05) is 30.3 Å². The molecule has 0 aromatic heterocycles. The maximum Gasteiger partial charge on any atom is 0.113 e. The number of thioether (sulfide) groups is 1. The number of aliphatic hydroxyl groups is 4. The summed E-state index contributed by atoms with van der Waals surface area (Å²) in [6.45, 7) is 1.60. The molecule has 5 nitrogen and oxygen atoms in total. The van der Waals surface area contributed by atoms with Crippen LogP contribution in [-0.2, 0) is 11.2 Å². The third-order valence-corrected chi connectivity index (χ3v) is 5.89. The van der Waals surface area contributed by atoms with E-state index in [-0.39, 0.29) is 0 Å². The summed E-state index contributed by atoms with van der Waals surface area (Å²) in [5.41, 5.74) is 4.12. The topological polar surface area (TPSA) is 90.2 Å². The van der Waals surface area contributed by atoms with Gasteiger partial charge in [0, 0.05) is 4.90 Å². The maximum atomic E-state index is 10.4. The van der Waals surface area contributed by atoms with Crippen LogP contribution >= 0.6 is 11.8 Å². The van der Waals surface area contributed by atoms with E-state index in [2.05, 4.69) is 24.3 Å². The maximum absolute atomic E-state index is 10.4. The summed E-state index contributed by atoms with van der Waals surface area (Å²) in [4.78, 5) is 1.21. The third kappa shape index (κ3) is 4.37. The molecule has 2 aromatic carbocycles. The second-order valence-electron chi connectivity index (χ2n) is 6.96. The van der Waals surface area contributed by atoms with Crippen LogP contribution in [0.15, 0.2) is 47.4 Å². The SMILES string of the molecule is CSc1ccc(Cc2cc(C3OC(CO)C(O)C(O)C3O)ccc2C)cc1. The highest BCUT2D eigenvalue weighted by atomic mass is 32.2. The van der Waals surface area contributed by atoms with E-state index in [0.29, 0.717) is 5.56 Å². The molecule has 0 spiro atoms. The van der Waals surface area contributed by atoms with Crippen LogP contribution in [0.25, 0.3) is 0 Å². The molecule has 3 rings (SSSR count). The van der Waals surface area contributed by atoms with Crippen molar-refractivity contribution in [3.8, 4) is 0 Å². The summed E-state index contributed by atoms with van der Waals surface area (Å²) in [6.07, 6.45) is -2.91. The summed E-state index contributed by atoms with van der Waals surface area (Å²) in [5, 5.41) is 39.8.